The van der Waals surface area contributed by atoms with Crippen molar-refractivity contribution in [1.82, 2.24) is 15.1 Å². The van der Waals surface area contributed by atoms with E-state index in [9.17, 15) is 9.59 Å². The second-order valence-electron chi connectivity index (χ2n) is 9.35. The van der Waals surface area contributed by atoms with Gasteiger partial charge in [0, 0.05) is 32.1 Å². The molecule has 3 fully saturated rings. The molecule has 4 rings (SSSR count). The minimum absolute atomic E-state index is 0.0229. The number of morpholine rings is 1. The zero-order valence-corrected chi connectivity index (χ0v) is 17.7. The minimum Gasteiger partial charge on any atom is -0.496 e. The highest BCUT2D eigenvalue weighted by Crippen LogP contribution is 2.36. The number of ether oxygens (including phenoxy) is 2. The van der Waals surface area contributed by atoms with Crippen LogP contribution in [0.3, 0.4) is 0 Å². The summed E-state index contributed by atoms with van der Waals surface area (Å²) in [7, 11) is 1.71. The molecule has 3 heterocycles. The Hall–Kier alpha value is -2.28. The predicted octanol–water partition coefficient (Wildman–Crippen LogP) is 2.10. The summed E-state index contributed by atoms with van der Waals surface area (Å²) in [6, 6.07) is 6.39. The van der Waals surface area contributed by atoms with Crippen LogP contribution < -0.4 is 10.1 Å². The molecule has 1 aromatic rings. The first kappa shape index (κ1) is 20.0. The highest BCUT2D eigenvalue weighted by molar-refractivity contribution is 5.79. The van der Waals surface area contributed by atoms with E-state index in [1.54, 1.807) is 7.11 Å². The number of nitrogens with one attached hydrogen (secondary N) is 1. The summed E-state index contributed by atoms with van der Waals surface area (Å²) >= 11 is 0. The SMILES string of the molecule is COc1cc(C2CN(C(=O)N3CC[C@@H]4OCC(=O)NC4C3)C2)ccc1C(C)(C)C. The first-order chi connectivity index (χ1) is 13.8. The number of urea groups is 1. The average molecular weight is 402 g/mol. The molecule has 158 valence electrons. The van der Waals surface area contributed by atoms with Gasteiger partial charge in [0.05, 0.1) is 19.3 Å². The van der Waals surface area contributed by atoms with Crippen molar-refractivity contribution in [2.24, 2.45) is 0 Å². The highest BCUT2D eigenvalue weighted by Gasteiger charge is 2.40. The number of amides is 3. The number of likely N-dealkylation sites (tertiary alicyclic amines) is 2. The van der Waals surface area contributed by atoms with E-state index >= 15 is 0 Å². The molecule has 1 unspecified atom stereocenters. The van der Waals surface area contributed by atoms with Gasteiger partial charge in [-0.3, -0.25) is 4.79 Å². The standard InChI is InChI=1S/C22H31N3O4/c1-22(2,3)16-6-5-14(9-19(16)28-4)15-10-25(11-15)21(27)24-8-7-18-17(12-24)23-20(26)13-29-18/h5-6,9,15,17-18H,7-8,10-13H2,1-4H3,(H,23,26)/t17?,18-/m0/s1. The molecule has 7 heteroatoms. The van der Waals surface area contributed by atoms with Gasteiger partial charge in [-0.05, 0) is 29.0 Å². The van der Waals surface area contributed by atoms with Crippen molar-refractivity contribution in [3.63, 3.8) is 0 Å². The second kappa shape index (κ2) is 7.52. The van der Waals surface area contributed by atoms with E-state index < -0.39 is 0 Å². The molecular formula is C22H31N3O4. The molecule has 29 heavy (non-hydrogen) atoms. The number of rotatable bonds is 2. The fourth-order valence-corrected chi connectivity index (χ4v) is 4.50. The Labute approximate surface area is 172 Å². The van der Waals surface area contributed by atoms with E-state index in [-0.39, 0.29) is 36.1 Å². The van der Waals surface area contributed by atoms with Crippen LogP contribution in [0.2, 0.25) is 0 Å². The van der Waals surface area contributed by atoms with E-state index in [4.69, 9.17) is 9.47 Å². The summed E-state index contributed by atoms with van der Waals surface area (Å²) in [4.78, 5) is 28.2. The van der Waals surface area contributed by atoms with Crippen LogP contribution in [-0.2, 0) is 14.9 Å². The lowest BCUT2D eigenvalue weighted by Gasteiger charge is -2.46. The van der Waals surface area contributed by atoms with Gasteiger partial charge in [0.15, 0.2) is 0 Å². The third-order valence-corrected chi connectivity index (χ3v) is 6.25. The molecule has 3 amide bonds. The monoisotopic (exact) mass is 401 g/mol. The number of hydrogen-bond donors (Lipinski definition) is 1. The van der Waals surface area contributed by atoms with Crippen molar-refractivity contribution in [2.45, 2.75) is 50.7 Å². The van der Waals surface area contributed by atoms with Gasteiger partial charge in [0.1, 0.15) is 12.4 Å². The smallest absolute Gasteiger partial charge is 0.320 e. The van der Waals surface area contributed by atoms with Gasteiger partial charge >= 0.3 is 6.03 Å². The van der Waals surface area contributed by atoms with E-state index in [0.717, 1.165) is 12.2 Å². The number of methoxy groups -OCH3 is 1. The lowest BCUT2D eigenvalue weighted by atomic mass is 9.83. The van der Waals surface area contributed by atoms with Crippen LogP contribution >= 0.6 is 0 Å². The van der Waals surface area contributed by atoms with E-state index in [1.807, 2.05) is 9.80 Å². The molecule has 0 spiro atoms. The van der Waals surface area contributed by atoms with Gasteiger partial charge in [-0.25, -0.2) is 4.79 Å². The summed E-state index contributed by atoms with van der Waals surface area (Å²) in [6.45, 7) is 9.27. The van der Waals surface area contributed by atoms with Gasteiger partial charge in [-0.15, -0.1) is 0 Å². The molecule has 0 radical (unpaired) electrons. The fraction of sp³-hybridized carbons (Fsp3) is 0.636. The van der Waals surface area contributed by atoms with Crippen molar-refractivity contribution in [2.75, 3.05) is 39.9 Å². The van der Waals surface area contributed by atoms with Gasteiger partial charge < -0.3 is 24.6 Å². The lowest BCUT2D eigenvalue weighted by molar-refractivity contribution is -0.139. The van der Waals surface area contributed by atoms with Gasteiger partial charge in [0.2, 0.25) is 5.91 Å². The van der Waals surface area contributed by atoms with Crippen molar-refractivity contribution < 1.29 is 19.1 Å². The Morgan fingerprint density at radius 1 is 1.21 bits per heavy atom. The summed E-state index contributed by atoms with van der Waals surface area (Å²) in [5.74, 6) is 1.14. The molecule has 1 N–H and O–H groups in total. The summed E-state index contributed by atoms with van der Waals surface area (Å²) < 4.78 is 11.2. The minimum atomic E-state index is -0.0998. The average Bonchev–Trinajstić information content (AvgIpc) is 2.65. The molecule has 3 aliphatic heterocycles. The Balaban J connectivity index is 1.36. The quantitative estimate of drug-likeness (QED) is 0.824. The third kappa shape index (κ3) is 3.92. The first-order valence-electron chi connectivity index (χ1n) is 10.4. The van der Waals surface area contributed by atoms with Gasteiger partial charge in [-0.2, -0.15) is 0 Å². The molecular weight excluding hydrogens is 370 g/mol. The summed E-state index contributed by atoms with van der Waals surface area (Å²) in [6.07, 6.45) is 0.786. The fourth-order valence-electron chi connectivity index (χ4n) is 4.50. The Morgan fingerprint density at radius 2 is 1.97 bits per heavy atom. The number of nitrogens with zero attached hydrogens (tertiary/aromatic N) is 2. The summed E-state index contributed by atoms with van der Waals surface area (Å²) in [5.41, 5.74) is 2.43. The maximum Gasteiger partial charge on any atom is 0.320 e. The van der Waals surface area contributed by atoms with E-state index in [1.165, 1.54) is 11.1 Å². The van der Waals surface area contributed by atoms with Crippen LogP contribution in [0.4, 0.5) is 4.79 Å². The molecule has 0 saturated carbocycles. The first-order valence-corrected chi connectivity index (χ1v) is 10.4. The number of fused-ring (bicyclic) bond motifs is 1. The Bertz CT molecular complexity index is 798. The van der Waals surface area contributed by atoms with Crippen molar-refractivity contribution >= 4 is 11.9 Å². The molecule has 0 aromatic heterocycles. The number of carbonyl (C=O) groups is 2. The largest absolute Gasteiger partial charge is 0.496 e. The Kier molecular flexibility index (Phi) is 5.19. The molecule has 2 atom stereocenters. The molecule has 0 bridgehead atoms. The zero-order valence-electron chi connectivity index (χ0n) is 17.7. The van der Waals surface area contributed by atoms with Crippen LogP contribution in [0.15, 0.2) is 18.2 Å². The topological polar surface area (TPSA) is 71.1 Å². The number of benzene rings is 1. The lowest BCUT2D eigenvalue weighted by Crippen LogP contribution is -2.63. The maximum atomic E-state index is 12.9. The van der Waals surface area contributed by atoms with E-state index in [0.29, 0.717) is 32.1 Å². The number of carbonyl (C=O) groups excluding carboxylic acids is 2. The van der Waals surface area contributed by atoms with Crippen LogP contribution in [0.5, 0.6) is 5.75 Å². The van der Waals surface area contributed by atoms with Crippen molar-refractivity contribution in [3.05, 3.63) is 29.3 Å². The predicted molar refractivity (Wildman–Crippen MR) is 109 cm³/mol. The molecule has 1 aromatic carbocycles. The van der Waals surface area contributed by atoms with Crippen molar-refractivity contribution in [1.29, 1.82) is 0 Å². The molecule has 3 aliphatic rings. The molecule has 3 saturated heterocycles. The maximum absolute atomic E-state index is 12.9. The van der Waals surface area contributed by atoms with Crippen LogP contribution in [0.1, 0.15) is 44.2 Å². The molecule has 7 nitrogen and oxygen atoms in total. The molecule has 0 aliphatic carbocycles. The van der Waals surface area contributed by atoms with Crippen LogP contribution in [0, 0.1) is 0 Å². The van der Waals surface area contributed by atoms with Gasteiger partial charge in [0.25, 0.3) is 0 Å². The number of piperidine rings is 1. The van der Waals surface area contributed by atoms with Gasteiger partial charge in [-0.1, -0.05) is 32.9 Å². The number of hydrogen-bond acceptors (Lipinski definition) is 4. The van der Waals surface area contributed by atoms with Crippen molar-refractivity contribution in [3.8, 4) is 5.75 Å². The normalized spacial score (nSPS) is 25.2. The van der Waals surface area contributed by atoms with Crippen LogP contribution in [0.25, 0.3) is 0 Å². The van der Waals surface area contributed by atoms with Crippen LogP contribution in [-0.4, -0.2) is 73.8 Å². The Morgan fingerprint density at radius 3 is 2.66 bits per heavy atom. The zero-order chi connectivity index (χ0) is 20.8. The third-order valence-electron chi connectivity index (χ3n) is 6.25. The summed E-state index contributed by atoms with van der Waals surface area (Å²) in [5, 5.41) is 2.95. The second-order valence-corrected chi connectivity index (χ2v) is 9.35. The highest BCUT2D eigenvalue weighted by atomic mass is 16.5. The van der Waals surface area contributed by atoms with E-state index in [2.05, 4.69) is 44.3 Å².